The lowest BCUT2D eigenvalue weighted by molar-refractivity contribution is 0.572. The first-order chi connectivity index (χ1) is 7.20. The molecule has 0 spiro atoms. The van der Waals surface area contributed by atoms with Crippen molar-refractivity contribution in [2.45, 2.75) is 6.54 Å². The monoisotopic (exact) mass is 242 g/mol. The zero-order valence-electron chi connectivity index (χ0n) is 7.71. The van der Waals surface area contributed by atoms with E-state index in [1.807, 2.05) is 0 Å². The van der Waals surface area contributed by atoms with E-state index in [9.17, 15) is 0 Å². The van der Waals surface area contributed by atoms with Gasteiger partial charge in [-0.25, -0.2) is 4.98 Å². The fourth-order valence-electron chi connectivity index (χ4n) is 1.16. The highest BCUT2D eigenvalue weighted by Gasteiger charge is 2.07. The van der Waals surface area contributed by atoms with Gasteiger partial charge >= 0.3 is 0 Å². The maximum Gasteiger partial charge on any atom is 0.226 e. The largest absolute Gasteiger partial charge is 0.444 e. The molecule has 1 heterocycles. The van der Waals surface area contributed by atoms with Crippen LogP contribution in [-0.4, -0.2) is 4.98 Å². The molecular weight excluding hydrogens is 235 g/mol. The number of aromatic nitrogens is 1. The van der Waals surface area contributed by atoms with Crippen molar-refractivity contribution in [3.05, 3.63) is 40.2 Å². The summed E-state index contributed by atoms with van der Waals surface area (Å²) in [6, 6.07) is 5.20. The van der Waals surface area contributed by atoms with E-state index in [2.05, 4.69) is 4.98 Å². The molecule has 2 N–H and O–H groups in total. The van der Waals surface area contributed by atoms with E-state index in [-0.39, 0.29) is 0 Å². The second-order valence-corrected chi connectivity index (χ2v) is 3.79. The molecule has 2 aromatic rings. The summed E-state index contributed by atoms with van der Waals surface area (Å²) in [5, 5.41) is 0.979. The fourth-order valence-corrected chi connectivity index (χ4v) is 1.46. The highest BCUT2D eigenvalue weighted by Crippen LogP contribution is 2.27. The minimum Gasteiger partial charge on any atom is -0.444 e. The third-order valence-electron chi connectivity index (χ3n) is 1.93. The molecule has 0 atom stereocenters. The van der Waals surface area contributed by atoms with Crippen molar-refractivity contribution in [2.24, 2.45) is 5.73 Å². The lowest BCUT2D eigenvalue weighted by Gasteiger charge is -1.98. The summed E-state index contributed by atoms with van der Waals surface area (Å²) in [5.41, 5.74) is 6.91. The molecule has 0 bridgehead atoms. The van der Waals surface area contributed by atoms with Crippen molar-refractivity contribution < 1.29 is 4.42 Å². The van der Waals surface area contributed by atoms with E-state index in [1.54, 1.807) is 18.2 Å². The molecule has 0 aliphatic rings. The van der Waals surface area contributed by atoms with Crippen molar-refractivity contribution in [3.8, 4) is 11.5 Å². The minimum absolute atomic E-state index is 0.352. The van der Waals surface area contributed by atoms with Gasteiger partial charge in [0, 0.05) is 12.1 Å². The van der Waals surface area contributed by atoms with Gasteiger partial charge < -0.3 is 10.2 Å². The number of rotatable bonds is 2. The van der Waals surface area contributed by atoms with Crippen molar-refractivity contribution in [2.75, 3.05) is 0 Å². The molecular formula is C10H8Cl2N2O. The molecule has 0 radical (unpaired) electrons. The Hall–Kier alpha value is -1.03. The molecule has 1 aromatic carbocycles. The Bertz CT molecular complexity index is 482. The molecule has 0 unspecified atom stereocenters. The molecule has 0 fully saturated rings. The summed E-state index contributed by atoms with van der Waals surface area (Å²) in [4.78, 5) is 4.18. The van der Waals surface area contributed by atoms with E-state index < -0.39 is 0 Å². The van der Waals surface area contributed by atoms with Crippen molar-refractivity contribution >= 4 is 23.2 Å². The number of nitrogens with two attached hydrogens (primary N) is 1. The number of hydrogen-bond donors (Lipinski definition) is 1. The number of benzene rings is 1. The van der Waals surface area contributed by atoms with Crippen LogP contribution in [0.1, 0.15) is 5.69 Å². The Balaban J connectivity index is 2.40. The number of hydrogen-bond acceptors (Lipinski definition) is 3. The molecule has 0 amide bonds. The van der Waals surface area contributed by atoms with Crippen LogP contribution >= 0.6 is 23.2 Å². The maximum atomic E-state index is 5.88. The number of halogens is 2. The van der Waals surface area contributed by atoms with Crippen LogP contribution in [0.2, 0.25) is 10.0 Å². The predicted molar refractivity (Wildman–Crippen MR) is 59.9 cm³/mol. The van der Waals surface area contributed by atoms with E-state index in [4.69, 9.17) is 33.4 Å². The first-order valence-corrected chi connectivity index (χ1v) is 5.06. The van der Waals surface area contributed by atoms with Crippen LogP contribution in [0, 0.1) is 0 Å². The van der Waals surface area contributed by atoms with Gasteiger partial charge in [0.05, 0.1) is 15.7 Å². The standard InChI is InChI=1S/C10H8Cl2N2O/c11-8-2-1-6(3-9(8)12)10-14-7(4-13)5-15-10/h1-3,5H,4,13H2. The second kappa shape index (κ2) is 4.23. The van der Waals surface area contributed by atoms with Gasteiger partial charge in [-0.3, -0.25) is 0 Å². The Labute approximate surface area is 96.8 Å². The van der Waals surface area contributed by atoms with Crippen LogP contribution < -0.4 is 5.73 Å². The van der Waals surface area contributed by atoms with E-state index in [0.29, 0.717) is 28.2 Å². The first-order valence-electron chi connectivity index (χ1n) is 4.30. The first kappa shape index (κ1) is 10.5. The van der Waals surface area contributed by atoms with Crippen LogP contribution in [0.3, 0.4) is 0 Å². The molecule has 0 saturated carbocycles. The molecule has 0 aliphatic carbocycles. The minimum atomic E-state index is 0.352. The van der Waals surface area contributed by atoms with Crippen LogP contribution in [-0.2, 0) is 6.54 Å². The average molecular weight is 243 g/mol. The van der Waals surface area contributed by atoms with Gasteiger partial charge in [-0.2, -0.15) is 0 Å². The Morgan fingerprint density at radius 3 is 2.67 bits per heavy atom. The van der Waals surface area contributed by atoms with Crippen LogP contribution in [0.25, 0.3) is 11.5 Å². The zero-order valence-corrected chi connectivity index (χ0v) is 9.22. The molecule has 0 aliphatic heterocycles. The summed E-state index contributed by atoms with van der Waals surface area (Å²) in [6.07, 6.45) is 1.53. The molecule has 5 heteroatoms. The summed E-state index contributed by atoms with van der Waals surface area (Å²) in [6.45, 7) is 0.352. The topological polar surface area (TPSA) is 52.0 Å². The highest BCUT2D eigenvalue weighted by atomic mass is 35.5. The molecule has 3 nitrogen and oxygen atoms in total. The van der Waals surface area contributed by atoms with Gasteiger partial charge in [-0.15, -0.1) is 0 Å². The molecule has 78 valence electrons. The average Bonchev–Trinajstić information content (AvgIpc) is 2.70. The lowest BCUT2D eigenvalue weighted by Crippen LogP contribution is -1.95. The van der Waals surface area contributed by atoms with E-state index >= 15 is 0 Å². The van der Waals surface area contributed by atoms with Gasteiger partial charge in [-0.05, 0) is 18.2 Å². The van der Waals surface area contributed by atoms with Gasteiger partial charge in [0.15, 0.2) is 0 Å². The van der Waals surface area contributed by atoms with Crippen molar-refractivity contribution in [3.63, 3.8) is 0 Å². The SMILES string of the molecule is NCc1coc(-c2ccc(Cl)c(Cl)c2)n1. The second-order valence-electron chi connectivity index (χ2n) is 2.98. The van der Waals surface area contributed by atoms with Gasteiger partial charge in [-0.1, -0.05) is 23.2 Å². The Kier molecular flexibility index (Phi) is 2.95. The number of oxazole rings is 1. The Morgan fingerprint density at radius 1 is 1.27 bits per heavy atom. The van der Waals surface area contributed by atoms with Crippen molar-refractivity contribution in [1.29, 1.82) is 0 Å². The van der Waals surface area contributed by atoms with Gasteiger partial charge in [0.2, 0.25) is 5.89 Å². The van der Waals surface area contributed by atoms with Gasteiger partial charge in [0.25, 0.3) is 0 Å². The quantitative estimate of drug-likeness (QED) is 0.881. The van der Waals surface area contributed by atoms with Crippen LogP contribution in [0.4, 0.5) is 0 Å². The summed E-state index contributed by atoms with van der Waals surface area (Å²) in [5.74, 6) is 0.494. The maximum absolute atomic E-state index is 5.88. The third-order valence-corrected chi connectivity index (χ3v) is 2.67. The molecule has 2 rings (SSSR count). The van der Waals surface area contributed by atoms with Crippen LogP contribution in [0.15, 0.2) is 28.9 Å². The molecule has 1 aromatic heterocycles. The fraction of sp³-hybridized carbons (Fsp3) is 0.100. The molecule has 0 saturated heterocycles. The van der Waals surface area contributed by atoms with E-state index in [1.165, 1.54) is 6.26 Å². The third kappa shape index (κ3) is 2.15. The number of nitrogens with zero attached hydrogens (tertiary/aromatic N) is 1. The summed E-state index contributed by atoms with van der Waals surface area (Å²) in [7, 11) is 0. The highest BCUT2D eigenvalue weighted by molar-refractivity contribution is 6.42. The van der Waals surface area contributed by atoms with Crippen LogP contribution in [0.5, 0.6) is 0 Å². The summed E-state index contributed by atoms with van der Waals surface area (Å²) >= 11 is 11.7. The van der Waals surface area contributed by atoms with E-state index in [0.717, 1.165) is 5.56 Å². The van der Waals surface area contributed by atoms with Crippen molar-refractivity contribution in [1.82, 2.24) is 4.98 Å². The lowest BCUT2D eigenvalue weighted by atomic mass is 10.2. The Morgan fingerprint density at radius 2 is 2.07 bits per heavy atom. The smallest absolute Gasteiger partial charge is 0.226 e. The predicted octanol–water partition coefficient (Wildman–Crippen LogP) is 3.11. The zero-order chi connectivity index (χ0) is 10.8. The summed E-state index contributed by atoms with van der Waals surface area (Å²) < 4.78 is 5.24. The molecule has 15 heavy (non-hydrogen) atoms. The normalized spacial score (nSPS) is 10.6. The van der Waals surface area contributed by atoms with Gasteiger partial charge in [0.1, 0.15) is 6.26 Å².